The summed E-state index contributed by atoms with van der Waals surface area (Å²) in [5.41, 5.74) is 0.414. The van der Waals surface area contributed by atoms with Crippen molar-refractivity contribution in [3.8, 4) is 0 Å². The molecule has 2 aliphatic rings. The summed E-state index contributed by atoms with van der Waals surface area (Å²) < 4.78 is 24.5. The highest BCUT2D eigenvalue weighted by atomic mass is 32.2. The summed E-state index contributed by atoms with van der Waals surface area (Å²) in [7, 11) is -1.96. The fourth-order valence-corrected chi connectivity index (χ4v) is 5.55. The smallest absolute Gasteiger partial charge is 0.352 e. The highest BCUT2D eigenvalue weighted by Crippen LogP contribution is 2.41. The van der Waals surface area contributed by atoms with Crippen LogP contribution in [0.1, 0.15) is 6.92 Å². The van der Waals surface area contributed by atoms with Crippen molar-refractivity contribution in [2.45, 2.75) is 28.7 Å². The Morgan fingerprint density at radius 1 is 1.45 bits per heavy atom. The molecule has 3 rings (SSSR count). The second-order valence-corrected chi connectivity index (χ2v) is 10.9. The number of aromatic nitrogens is 4. The summed E-state index contributed by atoms with van der Waals surface area (Å²) in [6.07, 6.45) is 0.934. The van der Waals surface area contributed by atoms with E-state index < -0.39 is 44.3 Å². The lowest BCUT2D eigenvalue weighted by Gasteiger charge is -2.49. The van der Waals surface area contributed by atoms with Gasteiger partial charge in [-0.3, -0.25) is 14.5 Å². The normalized spacial score (nSPS) is 22.7. The number of rotatable bonds is 7. The quantitative estimate of drug-likeness (QED) is 0.357. The number of carboxylic acids is 1. The Kier molecular flexibility index (Phi) is 5.91. The van der Waals surface area contributed by atoms with E-state index in [1.165, 1.54) is 35.1 Å². The average Bonchev–Trinajstić information content (AvgIpc) is 3.06. The van der Waals surface area contributed by atoms with Gasteiger partial charge in [-0.2, -0.15) is 0 Å². The number of nitrogens with zero attached hydrogens (tertiary/aromatic N) is 5. The van der Waals surface area contributed by atoms with Gasteiger partial charge in [0.2, 0.25) is 11.1 Å². The number of hydrogen-bond donors (Lipinski definition) is 2. The first-order valence-electron chi connectivity index (χ1n) is 8.26. The maximum absolute atomic E-state index is 12.6. The molecule has 0 bridgehead atoms. The monoisotopic (exact) mass is 462 g/mol. The van der Waals surface area contributed by atoms with Crippen LogP contribution in [0.3, 0.4) is 0 Å². The summed E-state index contributed by atoms with van der Waals surface area (Å²) >= 11 is 2.55. The van der Waals surface area contributed by atoms with Crippen LogP contribution in [0, 0.1) is 0 Å². The Hall–Kier alpha value is -2.13. The van der Waals surface area contributed by atoms with E-state index in [1.807, 2.05) is 0 Å². The summed E-state index contributed by atoms with van der Waals surface area (Å²) in [4.78, 5) is 37.6. The van der Waals surface area contributed by atoms with Crippen molar-refractivity contribution in [3.05, 3.63) is 11.3 Å². The minimum absolute atomic E-state index is 0.122. The lowest BCUT2D eigenvalue weighted by molar-refractivity contribution is -0.150. The third-order valence-corrected chi connectivity index (χ3v) is 8.45. The van der Waals surface area contributed by atoms with E-state index >= 15 is 0 Å². The van der Waals surface area contributed by atoms with Crippen LogP contribution in [0.25, 0.3) is 0 Å². The zero-order chi connectivity index (χ0) is 21.5. The van der Waals surface area contributed by atoms with Crippen LogP contribution >= 0.6 is 23.5 Å². The molecule has 158 valence electrons. The number of amides is 2. The molecule has 1 saturated heterocycles. The molecule has 12 nitrogen and oxygen atoms in total. The highest BCUT2D eigenvalue weighted by molar-refractivity contribution is 8.01. The van der Waals surface area contributed by atoms with E-state index in [4.69, 9.17) is 0 Å². The standard InChI is InChI=1S/C14H18N6O6S3/c1-6(29(3,25)26)10(21)15-8-11(22)20-9(13(23)24)7(4-27-12(8)20)5-28-14-16-17-18-19(14)2/h6,8,12H,4-5H2,1-3H3,(H,15,21)(H,23,24)/t6?,8-,12-/m1/s1. The molecule has 2 N–H and O–H groups in total. The van der Waals surface area contributed by atoms with E-state index in [1.54, 1.807) is 7.05 Å². The SMILES string of the molecule is CC(C(=O)N[C@@H]1C(=O)N2C(C(=O)O)=C(CSc3nnnn3C)CS[C@H]12)S(C)(=O)=O. The van der Waals surface area contributed by atoms with Crippen LogP contribution in [-0.2, 0) is 31.3 Å². The molecule has 1 unspecified atom stereocenters. The number of β-lactam (4-membered cyclic amide) rings is 1. The van der Waals surface area contributed by atoms with Gasteiger partial charge in [0, 0.05) is 24.8 Å². The third-order valence-electron chi connectivity index (χ3n) is 4.52. The number of nitrogens with one attached hydrogen (secondary N) is 1. The Morgan fingerprint density at radius 3 is 2.69 bits per heavy atom. The van der Waals surface area contributed by atoms with Gasteiger partial charge in [0.25, 0.3) is 5.91 Å². The number of carbonyl (C=O) groups excluding carboxylic acids is 2. The van der Waals surface area contributed by atoms with Crippen LogP contribution < -0.4 is 5.32 Å². The lowest BCUT2D eigenvalue weighted by Crippen LogP contribution is -2.71. The predicted molar refractivity (Wildman–Crippen MR) is 104 cm³/mol. The van der Waals surface area contributed by atoms with Gasteiger partial charge in [-0.15, -0.1) is 16.9 Å². The van der Waals surface area contributed by atoms with Crippen molar-refractivity contribution >= 4 is 51.1 Å². The molecule has 0 saturated carbocycles. The van der Waals surface area contributed by atoms with Gasteiger partial charge in [0.15, 0.2) is 9.84 Å². The number of sulfone groups is 1. The van der Waals surface area contributed by atoms with Crippen LogP contribution in [0.4, 0.5) is 0 Å². The summed E-state index contributed by atoms with van der Waals surface area (Å²) in [5.74, 6) is -2.01. The van der Waals surface area contributed by atoms with E-state index in [2.05, 4.69) is 20.8 Å². The fraction of sp³-hybridized carbons (Fsp3) is 0.571. The largest absolute Gasteiger partial charge is 0.477 e. The predicted octanol–water partition coefficient (Wildman–Crippen LogP) is -1.53. The Labute approximate surface area is 174 Å². The lowest BCUT2D eigenvalue weighted by atomic mass is 10.0. The molecule has 0 spiro atoms. The van der Waals surface area contributed by atoms with Crippen molar-refractivity contribution < 1.29 is 27.9 Å². The van der Waals surface area contributed by atoms with Crippen molar-refractivity contribution in [3.63, 3.8) is 0 Å². The Morgan fingerprint density at radius 2 is 2.14 bits per heavy atom. The molecule has 3 heterocycles. The second kappa shape index (κ2) is 7.95. The molecule has 0 radical (unpaired) electrons. The van der Waals surface area contributed by atoms with E-state index in [0.717, 1.165) is 11.2 Å². The van der Waals surface area contributed by atoms with Crippen molar-refractivity contribution in [2.24, 2.45) is 7.05 Å². The summed E-state index contributed by atoms with van der Waals surface area (Å²) in [5, 5.41) is 21.7. The Balaban J connectivity index is 1.75. The van der Waals surface area contributed by atoms with Gasteiger partial charge >= 0.3 is 5.97 Å². The van der Waals surface area contributed by atoms with E-state index in [0.29, 0.717) is 16.5 Å². The van der Waals surface area contributed by atoms with Gasteiger partial charge in [-0.25, -0.2) is 17.9 Å². The number of aryl methyl sites for hydroxylation is 1. The molecule has 2 amide bonds. The van der Waals surface area contributed by atoms with Gasteiger partial charge < -0.3 is 10.4 Å². The van der Waals surface area contributed by atoms with Gasteiger partial charge in [0.1, 0.15) is 22.4 Å². The van der Waals surface area contributed by atoms with Crippen LogP contribution in [0.2, 0.25) is 0 Å². The first-order chi connectivity index (χ1) is 13.5. The van der Waals surface area contributed by atoms with Crippen molar-refractivity contribution in [2.75, 3.05) is 17.8 Å². The van der Waals surface area contributed by atoms with Crippen LogP contribution in [0.15, 0.2) is 16.4 Å². The van der Waals surface area contributed by atoms with Gasteiger partial charge in [0.05, 0.1) is 0 Å². The molecule has 1 fully saturated rings. The maximum atomic E-state index is 12.6. The minimum Gasteiger partial charge on any atom is -0.477 e. The molecule has 3 atom stereocenters. The Bertz CT molecular complexity index is 1010. The number of carbonyl (C=O) groups is 3. The maximum Gasteiger partial charge on any atom is 0.352 e. The number of fused-ring (bicyclic) bond motifs is 1. The molecule has 1 aromatic heterocycles. The zero-order valence-electron chi connectivity index (χ0n) is 15.6. The minimum atomic E-state index is -3.61. The topological polar surface area (TPSA) is 164 Å². The second-order valence-electron chi connectivity index (χ2n) is 6.50. The number of aliphatic carboxylic acids is 1. The van der Waals surface area contributed by atoms with E-state index in [9.17, 15) is 27.9 Å². The molecule has 15 heteroatoms. The number of tetrazole rings is 1. The molecule has 1 aromatic rings. The van der Waals surface area contributed by atoms with Crippen LogP contribution in [-0.4, -0.2) is 90.8 Å². The van der Waals surface area contributed by atoms with Crippen molar-refractivity contribution in [1.82, 2.24) is 30.4 Å². The molecule has 0 aliphatic carbocycles. The first kappa shape index (κ1) is 21.6. The zero-order valence-corrected chi connectivity index (χ0v) is 18.0. The number of thioether (sulfide) groups is 2. The van der Waals surface area contributed by atoms with Gasteiger partial charge in [-0.1, -0.05) is 11.8 Å². The van der Waals surface area contributed by atoms with Crippen LogP contribution in [0.5, 0.6) is 0 Å². The number of carboxylic acid groups (broad SMARTS) is 1. The molecular weight excluding hydrogens is 444 g/mol. The average molecular weight is 463 g/mol. The molecule has 0 aromatic carbocycles. The van der Waals surface area contributed by atoms with Gasteiger partial charge in [-0.05, 0) is 22.9 Å². The first-order valence-corrected chi connectivity index (χ1v) is 12.3. The van der Waals surface area contributed by atoms with E-state index in [-0.39, 0.29) is 11.4 Å². The summed E-state index contributed by atoms with van der Waals surface area (Å²) in [6.45, 7) is 1.23. The molecule has 29 heavy (non-hydrogen) atoms. The molecular formula is C14H18N6O6S3. The highest BCUT2D eigenvalue weighted by Gasteiger charge is 2.54. The summed E-state index contributed by atoms with van der Waals surface area (Å²) in [6, 6.07) is -0.969. The van der Waals surface area contributed by atoms with Crippen molar-refractivity contribution in [1.29, 1.82) is 0 Å². The fourth-order valence-electron chi connectivity index (χ4n) is 2.75. The number of hydrogen-bond acceptors (Lipinski definition) is 10. The molecule has 2 aliphatic heterocycles. The third kappa shape index (κ3) is 4.11.